The highest BCUT2D eigenvalue weighted by Crippen LogP contribution is 2.18. The molecule has 3 rings (SSSR count). The summed E-state index contributed by atoms with van der Waals surface area (Å²) >= 11 is 1.29. The van der Waals surface area contributed by atoms with Crippen LogP contribution in [-0.4, -0.2) is 52.7 Å². The smallest absolute Gasteiger partial charge is 0.355 e. The Morgan fingerprint density at radius 2 is 2.16 bits per heavy atom. The fraction of sp³-hybridized carbons (Fsp3) is 0.353. The van der Waals surface area contributed by atoms with Crippen molar-refractivity contribution in [1.29, 1.82) is 0 Å². The van der Waals surface area contributed by atoms with Crippen molar-refractivity contribution in [3.05, 3.63) is 46.4 Å². The van der Waals surface area contributed by atoms with Gasteiger partial charge in [-0.05, 0) is 12.1 Å². The topological polar surface area (TPSA) is 91.8 Å². The molecule has 0 bridgehead atoms. The van der Waals surface area contributed by atoms with Crippen LogP contribution < -0.4 is 10.1 Å². The van der Waals surface area contributed by atoms with E-state index < -0.39 is 5.97 Å². The molecule has 2 N–H and O–H groups in total. The van der Waals surface area contributed by atoms with Crippen LogP contribution in [0, 0.1) is 0 Å². The molecule has 1 aromatic heterocycles. The van der Waals surface area contributed by atoms with E-state index in [0.29, 0.717) is 31.1 Å². The minimum atomic E-state index is -1.03. The molecule has 0 radical (unpaired) electrons. The number of nitrogens with one attached hydrogen (secondary N) is 1. The maximum atomic E-state index is 12.2. The molecule has 1 aromatic carbocycles. The van der Waals surface area contributed by atoms with Crippen LogP contribution in [-0.2, 0) is 6.42 Å². The second kappa shape index (κ2) is 7.98. The molecule has 0 saturated carbocycles. The van der Waals surface area contributed by atoms with Crippen molar-refractivity contribution in [2.45, 2.75) is 18.9 Å². The third-order valence-electron chi connectivity index (χ3n) is 3.86. The Morgan fingerprint density at radius 1 is 1.36 bits per heavy atom. The molecule has 1 fully saturated rings. The number of amides is 2. The Labute approximate surface area is 149 Å². The van der Waals surface area contributed by atoms with Crippen molar-refractivity contribution >= 4 is 23.3 Å². The van der Waals surface area contributed by atoms with Gasteiger partial charge in [-0.1, -0.05) is 18.2 Å². The fourth-order valence-electron chi connectivity index (χ4n) is 2.61. The van der Waals surface area contributed by atoms with E-state index in [2.05, 4.69) is 10.3 Å². The number of likely N-dealkylation sites (tertiary alicyclic amines) is 1. The van der Waals surface area contributed by atoms with E-state index in [-0.39, 0.29) is 17.8 Å². The second-order valence-electron chi connectivity index (χ2n) is 5.70. The van der Waals surface area contributed by atoms with Gasteiger partial charge in [0, 0.05) is 31.3 Å². The van der Waals surface area contributed by atoms with E-state index in [9.17, 15) is 9.59 Å². The number of ether oxygens (including phenoxy) is 1. The Morgan fingerprint density at radius 3 is 2.88 bits per heavy atom. The number of carbonyl (C=O) groups excluding carboxylic acids is 1. The molecule has 0 aliphatic carbocycles. The predicted octanol–water partition coefficient (Wildman–Crippen LogP) is 2.25. The van der Waals surface area contributed by atoms with Crippen LogP contribution in [0.25, 0.3) is 0 Å². The maximum Gasteiger partial charge on any atom is 0.355 e. The van der Waals surface area contributed by atoms with Crippen LogP contribution in [0.5, 0.6) is 5.75 Å². The number of hydrogen-bond donors (Lipinski definition) is 2. The molecule has 2 aromatic rings. The summed E-state index contributed by atoms with van der Waals surface area (Å²) in [6.07, 6.45) is 1.32. The number of aromatic carboxylic acids is 1. The third-order valence-corrected chi connectivity index (χ3v) is 4.77. The minimum Gasteiger partial charge on any atom is -0.489 e. The molecule has 25 heavy (non-hydrogen) atoms. The van der Waals surface area contributed by atoms with E-state index >= 15 is 0 Å². The summed E-state index contributed by atoms with van der Waals surface area (Å²) in [5.41, 5.74) is 0.0479. The van der Waals surface area contributed by atoms with Gasteiger partial charge in [-0.25, -0.2) is 14.6 Å². The fourth-order valence-corrected chi connectivity index (χ4v) is 3.38. The molecule has 7 nitrogen and oxygen atoms in total. The summed E-state index contributed by atoms with van der Waals surface area (Å²) in [6.45, 7) is 1.64. The highest BCUT2D eigenvalue weighted by atomic mass is 32.1. The van der Waals surface area contributed by atoms with Crippen molar-refractivity contribution in [1.82, 2.24) is 15.2 Å². The average molecular weight is 361 g/mol. The first-order valence-electron chi connectivity index (χ1n) is 8.04. The van der Waals surface area contributed by atoms with Gasteiger partial charge in [-0.15, -0.1) is 11.3 Å². The maximum absolute atomic E-state index is 12.2. The second-order valence-corrected chi connectivity index (χ2v) is 6.64. The first-order chi connectivity index (χ1) is 12.1. The number of carboxylic acid groups (broad SMARTS) is 1. The zero-order valence-electron chi connectivity index (χ0n) is 13.6. The molecule has 1 aliphatic heterocycles. The monoisotopic (exact) mass is 361 g/mol. The average Bonchev–Trinajstić information content (AvgIpc) is 3.25. The molecule has 1 atom stereocenters. The number of carbonyl (C=O) groups is 2. The molecule has 0 spiro atoms. The Kier molecular flexibility index (Phi) is 5.49. The largest absolute Gasteiger partial charge is 0.489 e. The van der Waals surface area contributed by atoms with Crippen LogP contribution >= 0.6 is 11.3 Å². The van der Waals surface area contributed by atoms with Gasteiger partial charge in [0.2, 0.25) is 0 Å². The van der Waals surface area contributed by atoms with E-state index in [1.54, 1.807) is 4.90 Å². The molecular weight excluding hydrogens is 342 g/mol. The van der Waals surface area contributed by atoms with E-state index in [4.69, 9.17) is 9.84 Å². The number of rotatable bonds is 6. The Bertz CT molecular complexity index is 735. The third kappa shape index (κ3) is 4.69. The molecule has 2 heterocycles. The van der Waals surface area contributed by atoms with E-state index in [1.807, 2.05) is 30.3 Å². The Balaban J connectivity index is 1.40. The number of urea groups is 1. The molecule has 1 saturated heterocycles. The van der Waals surface area contributed by atoms with Gasteiger partial charge in [0.05, 0.1) is 11.6 Å². The van der Waals surface area contributed by atoms with Crippen molar-refractivity contribution in [3.63, 3.8) is 0 Å². The van der Waals surface area contributed by atoms with Crippen LogP contribution in [0.4, 0.5) is 4.79 Å². The lowest BCUT2D eigenvalue weighted by Crippen LogP contribution is -2.40. The van der Waals surface area contributed by atoms with Gasteiger partial charge in [0.1, 0.15) is 11.9 Å². The quantitative estimate of drug-likeness (QED) is 0.823. The first kappa shape index (κ1) is 17.2. The van der Waals surface area contributed by atoms with Crippen LogP contribution in [0.2, 0.25) is 0 Å². The van der Waals surface area contributed by atoms with E-state index in [0.717, 1.165) is 12.2 Å². The molecular formula is C17H19N3O4S. The lowest BCUT2D eigenvalue weighted by atomic mass is 10.3. The van der Waals surface area contributed by atoms with Crippen LogP contribution in [0.3, 0.4) is 0 Å². The van der Waals surface area contributed by atoms with Gasteiger partial charge >= 0.3 is 12.0 Å². The van der Waals surface area contributed by atoms with Crippen molar-refractivity contribution in [2.75, 3.05) is 19.6 Å². The van der Waals surface area contributed by atoms with Crippen molar-refractivity contribution in [3.8, 4) is 5.75 Å². The lowest BCUT2D eigenvalue weighted by molar-refractivity contribution is 0.0691. The molecule has 1 aliphatic rings. The summed E-state index contributed by atoms with van der Waals surface area (Å²) in [7, 11) is 0. The van der Waals surface area contributed by atoms with Gasteiger partial charge in [-0.2, -0.15) is 0 Å². The number of nitrogens with zero attached hydrogens (tertiary/aromatic N) is 2. The number of hydrogen-bond acceptors (Lipinski definition) is 5. The SMILES string of the molecule is O=C(O)c1csc(CCNC(=O)N2CC[C@H](Oc3ccccc3)C2)n1. The lowest BCUT2D eigenvalue weighted by Gasteiger charge is -2.17. The molecule has 0 unspecified atom stereocenters. The number of aromatic nitrogens is 1. The molecule has 8 heteroatoms. The van der Waals surface area contributed by atoms with Crippen LogP contribution in [0.15, 0.2) is 35.7 Å². The number of para-hydroxylation sites is 1. The number of thiazole rings is 1. The van der Waals surface area contributed by atoms with Gasteiger partial charge in [0.15, 0.2) is 5.69 Å². The van der Waals surface area contributed by atoms with E-state index in [1.165, 1.54) is 16.7 Å². The predicted molar refractivity (Wildman–Crippen MR) is 93.2 cm³/mol. The summed E-state index contributed by atoms with van der Waals surface area (Å²) in [5, 5.41) is 13.9. The summed E-state index contributed by atoms with van der Waals surface area (Å²) in [4.78, 5) is 28.7. The first-order valence-corrected chi connectivity index (χ1v) is 8.92. The summed E-state index contributed by atoms with van der Waals surface area (Å²) in [6, 6.07) is 9.45. The highest BCUT2D eigenvalue weighted by Gasteiger charge is 2.27. The normalized spacial score (nSPS) is 16.6. The standard InChI is InChI=1S/C17H19N3O4S/c21-16(22)14-11-25-15(19-14)6-8-18-17(23)20-9-7-13(10-20)24-12-4-2-1-3-5-12/h1-5,11,13H,6-10H2,(H,18,23)(H,21,22)/t13-/m0/s1. The van der Waals surface area contributed by atoms with Crippen LogP contribution in [0.1, 0.15) is 21.9 Å². The number of benzene rings is 1. The Hall–Kier alpha value is -2.61. The minimum absolute atomic E-state index is 0.00485. The zero-order chi connectivity index (χ0) is 17.6. The van der Waals surface area contributed by atoms with Gasteiger partial charge in [0.25, 0.3) is 0 Å². The summed E-state index contributed by atoms with van der Waals surface area (Å²) in [5.74, 6) is -0.221. The van der Waals surface area contributed by atoms with Gasteiger partial charge in [-0.3, -0.25) is 0 Å². The highest BCUT2D eigenvalue weighted by molar-refractivity contribution is 7.09. The summed E-state index contributed by atoms with van der Waals surface area (Å²) < 4.78 is 5.87. The molecule has 132 valence electrons. The van der Waals surface area contributed by atoms with Crippen molar-refractivity contribution < 1.29 is 19.4 Å². The van der Waals surface area contributed by atoms with Crippen molar-refractivity contribution in [2.24, 2.45) is 0 Å². The number of carboxylic acids is 1. The van der Waals surface area contributed by atoms with Gasteiger partial charge < -0.3 is 20.1 Å². The molecule has 2 amide bonds. The zero-order valence-corrected chi connectivity index (χ0v) is 14.4.